The molecule has 0 radical (unpaired) electrons. The van der Waals surface area contributed by atoms with Crippen molar-refractivity contribution in [2.45, 2.75) is 169 Å². The Bertz CT molecular complexity index is 2480. The second kappa shape index (κ2) is 31.4. The van der Waals surface area contributed by atoms with Crippen LogP contribution in [0.5, 0.6) is 0 Å². The summed E-state index contributed by atoms with van der Waals surface area (Å²) < 4.78 is 12.1. The summed E-state index contributed by atoms with van der Waals surface area (Å²) in [7, 11) is 3.29. The molecular weight excluding hydrogens is 1070 g/mol. The van der Waals surface area contributed by atoms with Crippen molar-refractivity contribution in [3.05, 3.63) is 107 Å². The summed E-state index contributed by atoms with van der Waals surface area (Å²) in [5, 5.41) is 24.0. The smallest absolute Gasteiger partial charge is 0.251 e. The summed E-state index contributed by atoms with van der Waals surface area (Å²) in [6, 6.07) is 17.0. The van der Waals surface area contributed by atoms with Crippen LogP contribution in [0.15, 0.2) is 84.9 Å². The van der Waals surface area contributed by atoms with Gasteiger partial charge in [-0.05, 0) is 112 Å². The van der Waals surface area contributed by atoms with Gasteiger partial charge >= 0.3 is 0 Å². The predicted octanol–water partition coefficient (Wildman–Crippen LogP) is 5.20. The fourth-order valence-electron chi connectivity index (χ4n) is 9.99. The molecule has 10 unspecified atom stereocenters. The lowest BCUT2D eigenvalue weighted by atomic mass is 9.85. The molecule has 0 spiro atoms. The van der Waals surface area contributed by atoms with Crippen LogP contribution in [-0.2, 0) is 38.2 Å². The molecular formula is C64H96N10O10. The summed E-state index contributed by atoms with van der Waals surface area (Å²) in [5.74, 6) is -2.79. The number of rotatable bonds is 28. The third-order valence-electron chi connectivity index (χ3n) is 15.6. The lowest BCUT2D eigenvalue weighted by Crippen LogP contribution is -2.59. The van der Waals surface area contributed by atoms with Crippen molar-refractivity contribution in [2.24, 2.45) is 22.7 Å². The summed E-state index contributed by atoms with van der Waals surface area (Å²) in [4.78, 5) is 116. The zero-order valence-electron chi connectivity index (χ0n) is 52.1. The van der Waals surface area contributed by atoms with E-state index in [1.807, 2.05) is 102 Å². The molecule has 2 saturated heterocycles. The Morgan fingerprint density at radius 3 is 1.13 bits per heavy atom. The van der Waals surface area contributed by atoms with Crippen molar-refractivity contribution in [2.75, 3.05) is 53.6 Å². The Morgan fingerprint density at radius 1 is 0.500 bits per heavy atom. The standard InChI is InChI=1S/C64H96N10O10/c1-39(2)29-31-83-37-49(43-21-17-15-18-22-43)69-59(79)51-33-47(35-73(51)61(81)53(63(7,8)9)71-55(75)41(5)65-13)67-57(77)45-25-27-46(28-26-45)58(78)68-48-34-52(74(36-48)62(82)54(64(10,11)12)72-56(76)42(6)66-14)60(80)70-50(38-84-32-30-40(3)4)44-23-19-16-20-24-44/h15-28,39-42,47-54,65-66H,29-38H2,1-14H3,(H,67,77)(H,68,78)(H,69,79)(H,70,80)(H,71,75)(H,72,76). The summed E-state index contributed by atoms with van der Waals surface area (Å²) in [6.07, 6.45) is 1.79. The fourth-order valence-corrected chi connectivity index (χ4v) is 9.99. The number of hydrogen-bond acceptors (Lipinski definition) is 12. The summed E-state index contributed by atoms with van der Waals surface area (Å²) >= 11 is 0. The largest absolute Gasteiger partial charge is 0.379 e. The van der Waals surface area contributed by atoms with Crippen LogP contribution in [0.2, 0.25) is 0 Å². The first kappa shape index (κ1) is 68.0. The first-order valence-corrected chi connectivity index (χ1v) is 29.8. The number of amides is 8. The SMILES string of the molecule is CNC(C)C(=O)NC(C(=O)N1CC(NC(=O)c2ccc(C(=O)NC3CC(C(=O)NC(COCCC(C)C)c4ccccc4)N(C(=O)C(NC(=O)C(C)NC)C(C)(C)C)C3)cc2)CC1C(=O)NC(COCCC(C)C)c1ccccc1)C(C)(C)C. The molecule has 462 valence electrons. The van der Waals surface area contributed by atoms with Gasteiger partial charge in [0.2, 0.25) is 35.4 Å². The van der Waals surface area contributed by atoms with Crippen LogP contribution in [0.25, 0.3) is 0 Å². The van der Waals surface area contributed by atoms with E-state index in [2.05, 4.69) is 70.2 Å². The van der Waals surface area contributed by atoms with E-state index in [1.165, 1.54) is 34.1 Å². The topological polar surface area (TPSA) is 258 Å². The van der Waals surface area contributed by atoms with Gasteiger partial charge < -0.3 is 61.8 Å². The van der Waals surface area contributed by atoms with E-state index in [9.17, 15) is 38.4 Å². The first-order valence-electron chi connectivity index (χ1n) is 29.8. The van der Waals surface area contributed by atoms with E-state index in [0.29, 0.717) is 25.0 Å². The van der Waals surface area contributed by atoms with Gasteiger partial charge in [0.15, 0.2) is 0 Å². The van der Waals surface area contributed by atoms with Crippen molar-refractivity contribution in [1.29, 1.82) is 0 Å². The molecule has 2 heterocycles. The van der Waals surface area contributed by atoms with Crippen LogP contribution in [0, 0.1) is 22.7 Å². The molecule has 3 aromatic rings. The minimum atomic E-state index is -1.04. The van der Waals surface area contributed by atoms with Crippen LogP contribution < -0.4 is 42.5 Å². The Labute approximate surface area is 498 Å². The van der Waals surface area contributed by atoms with Gasteiger partial charge in [-0.2, -0.15) is 0 Å². The van der Waals surface area contributed by atoms with Gasteiger partial charge in [-0.3, -0.25) is 38.4 Å². The van der Waals surface area contributed by atoms with Crippen LogP contribution in [0.3, 0.4) is 0 Å². The Hall–Kier alpha value is -6.74. The van der Waals surface area contributed by atoms with Gasteiger partial charge in [0.05, 0.1) is 37.4 Å². The maximum atomic E-state index is 14.8. The fraction of sp³-hybridized carbons (Fsp3) is 0.594. The van der Waals surface area contributed by atoms with Gasteiger partial charge in [-0.25, -0.2) is 0 Å². The van der Waals surface area contributed by atoms with E-state index in [4.69, 9.17) is 9.47 Å². The van der Waals surface area contributed by atoms with Crippen LogP contribution in [-0.4, -0.2) is 159 Å². The van der Waals surface area contributed by atoms with Crippen LogP contribution in [0.4, 0.5) is 0 Å². The van der Waals surface area contributed by atoms with Gasteiger partial charge in [-0.15, -0.1) is 0 Å². The molecule has 5 rings (SSSR count). The quantitative estimate of drug-likeness (QED) is 0.0437. The number of carbonyl (C=O) groups excluding carboxylic acids is 8. The number of nitrogens with one attached hydrogen (secondary N) is 8. The average Bonchev–Trinajstić information content (AvgIpc) is 4.30. The molecule has 20 heteroatoms. The van der Waals surface area contributed by atoms with Crippen molar-refractivity contribution in [1.82, 2.24) is 52.3 Å². The number of benzene rings is 3. The first-order chi connectivity index (χ1) is 39.6. The van der Waals surface area contributed by atoms with Crippen molar-refractivity contribution < 1.29 is 47.8 Å². The molecule has 0 aliphatic carbocycles. The molecule has 8 amide bonds. The van der Waals surface area contributed by atoms with E-state index in [-0.39, 0.29) is 62.1 Å². The van der Waals surface area contributed by atoms with Crippen molar-refractivity contribution in [3.8, 4) is 0 Å². The highest BCUT2D eigenvalue weighted by atomic mass is 16.5. The molecule has 10 atom stereocenters. The molecule has 84 heavy (non-hydrogen) atoms. The van der Waals surface area contributed by atoms with Crippen LogP contribution in [0.1, 0.15) is 153 Å². The molecule has 2 aliphatic heterocycles. The minimum absolute atomic E-state index is 0.0368. The molecule has 2 aliphatic rings. The van der Waals surface area contributed by atoms with Gasteiger partial charge in [-0.1, -0.05) is 130 Å². The van der Waals surface area contributed by atoms with E-state index in [0.717, 1.165) is 24.0 Å². The molecule has 8 N–H and O–H groups in total. The molecule has 2 fully saturated rings. The Kier molecular flexibility index (Phi) is 25.4. The number of hydrogen-bond donors (Lipinski definition) is 8. The van der Waals surface area contributed by atoms with E-state index < -0.39 is 107 Å². The number of ether oxygens (including phenoxy) is 2. The third kappa shape index (κ3) is 19.7. The van der Waals surface area contributed by atoms with Gasteiger partial charge in [0.1, 0.15) is 24.2 Å². The number of carbonyl (C=O) groups is 8. The second-order valence-electron chi connectivity index (χ2n) is 25.5. The third-order valence-corrected chi connectivity index (χ3v) is 15.6. The molecule has 0 aromatic heterocycles. The lowest BCUT2D eigenvalue weighted by Gasteiger charge is -2.36. The highest BCUT2D eigenvalue weighted by Gasteiger charge is 2.48. The zero-order chi connectivity index (χ0) is 62.1. The maximum Gasteiger partial charge on any atom is 0.251 e. The molecule has 20 nitrogen and oxygen atoms in total. The summed E-state index contributed by atoms with van der Waals surface area (Å²) in [5.41, 5.74) is 0.509. The molecule has 3 aromatic carbocycles. The van der Waals surface area contributed by atoms with Crippen molar-refractivity contribution in [3.63, 3.8) is 0 Å². The highest BCUT2D eigenvalue weighted by Crippen LogP contribution is 2.30. The lowest BCUT2D eigenvalue weighted by molar-refractivity contribution is -0.144. The second-order valence-corrected chi connectivity index (χ2v) is 25.5. The van der Waals surface area contributed by atoms with Crippen molar-refractivity contribution >= 4 is 47.3 Å². The zero-order valence-corrected chi connectivity index (χ0v) is 52.1. The Morgan fingerprint density at radius 2 is 0.833 bits per heavy atom. The van der Waals surface area contributed by atoms with E-state index in [1.54, 1.807) is 27.9 Å². The number of nitrogens with zero attached hydrogens (tertiary/aromatic N) is 2. The molecule has 0 saturated carbocycles. The molecule has 0 bridgehead atoms. The Balaban J connectivity index is 1.36. The van der Waals surface area contributed by atoms with Crippen LogP contribution >= 0.6 is 0 Å². The van der Waals surface area contributed by atoms with Gasteiger partial charge in [0, 0.05) is 49.5 Å². The minimum Gasteiger partial charge on any atom is -0.379 e. The normalized spacial score (nSPS) is 19.4. The number of likely N-dealkylation sites (N-methyl/N-ethyl adjacent to an activating group) is 2. The highest BCUT2D eigenvalue weighted by molar-refractivity contribution is 5.99. The van der Waals surface area contributed by atoms with E-state index >= 15 is 0 Å². The van der Waals surface area contributed by atoms with Gasteiger partial charge in [0.25, 0.3) is 11.8 Å². The monoisotopic (exact) mass is 1160 g/mol. The number of likely N-dealkylation sites (tertiary alicyclic amines) is 2. The average molecular weight is 1170 g/mol. The maximum absolute atomic E-state index is 14.8. The predicted molar refractivity (Wildman–Crippen MR) is 324 cm³/mol. The summed E-state index contributed by atoms with van der Waals surface area (Å²) in [6.45, 7) is 24.1.